The van der Waals surface area contributed by atoms with Crippen LogP contribution in [0.1, 0.15) is 37.4 Å². The van der Waals surface area contributed by atoms with Crippen LogP contribution in [0.15, 0.2) is 12.1 Å². The van der Waals surface area contributed by atoms with Gasteiger partial charge in [-0.2, -0.15) is 0 Å². The Morgan fingerprint density at radius 2 is 1.75 bits per heavy atom. The molecule has 0 spiro atoms. The van der Waals surface area contributed by atoms with E-state index >= 15 is 0 Å². The summed E-state index contributed by atoms with van der Waals surface area (Å²) in [4.78, 5) is 0. The maximum absolute atomic E-state index is 11.8. The van der Waals surface area contributed by atoms with Crippen LogP contribution in [0.5, 0.6) is 11.5 Å². The van der Waals surface area contributed by atoms with Crippen molar-refractivity contribution in [3.05, 3.63) is 23.3 Å². The lowest BCUT2D eigenvalue weighted by atomic mass is 10.0. The predicted molar refractivity (Wildman–Crippen MR) is 79.9 cm³/mol. The van der Waals surface area contributed by atoms with Crippen LogP contribution in [0.3, 0.4) is 0 Å². The largest absolute Gasteiger partial charge is 0.493 e. The SMILES string of the molecule is CCCS(=O)(=O)N[C@@H](C)c1cc(OC)c(OC)cc1C. The molecule has 5 nitrogen and oxygen atoms in total. The van der Waals surface area contributed by atoms with Gasteiger partial charge in [-0.3, -0.25) is 0 Å². The lowest BCUT2D eigenvalue weighted by molar-refractivity contribution is 0.354. The van der Waals surface area contributed by atoms with Gasteiger partial charge in [-0.25, -0.2) is 13.1 Å². The van der Waals surface area contributed by atoms with Crippen molar-refractivity contribution >= 4 is 10.0 Å². The third-order valence-corrected chi connectivity index (χ3v) is 4.73. The van der Waals surface area contributed by atoms with Crippen LogP contribution in [-0.2, 0) is 10.0 Å². The molecular formula is C14H23NO4S. The predicted octanol–water partition coefficient (Wildman–Crippen LogP) is 2.40. The molecule has 0 aliphatic heterocycles. The molecule has 0 bridgehead atoms. The average molecular weight is 301 g/mol. The van der Waals surface area contributed by atoms with Crippen LogP contribution in [0, 0.1) is 6.92 Å². The highest BCUT2D eigenvalue weighted by molar-refractivity contribution is 7.89. The molecule has 0 unspecified atom stereocenters. The van der Waals surface area contributed by atoms with E-state index in [2.05, 4.69) is 4.72 Å². The molecule has 1 atom stereocenters. The molecule has 114 valence electrons. The zero-order valence-corrected chi connectivity index (χ0v) is 13.5. The van der Waals surface area contributed by atoms with E-state index in [0.29, 0.717) is 17.9 Å². The maximum Gasteiger partial charge on any atom is 0.212 e. The van der Waals surface area contributed by atoms with Gasteiger partial charge in [0.1, 0.15) is 0 Å². The summed E-state index contributed by atoms with van der Waals surface area (Å²) in [6.45, 7) is 5.58. The van der Waals surface area contributed by atoms with Crippen molar-refractivity contribution in [2.75, 3.05) is 20.0 Å². The zero-order chi connectivity index (χ0) is 15.3. The first-order chi connectivity index (χ1) is 9.34. The summed E-state index contributed by atoms with van der Waals surface area (Å²) >= 11 is 0. The second kappa shape index (κ2) is 6.95. The molecule has 1 aromatic carbocycles. The van der Waals surface area contributed by atoms with Crippen LogP contribution in [-0.4, -0.2) is 28.4 Å². The van der Waals surface area contributed by atoms with Crippen LogP contribution in [0.4, 0.5) is 0 Å². The van der Waals surface area contributed by atoms with Crippen LogP contribution < -0.4 is 14.2 Å². The standard InChI is InChI=1S/C14H23NO4S/c1-6-7-20(16,17)15-11(3)12-9-14(19-5)13(18-4)8-10(12)2/h8-9,11,15H,6-7H2,1-5H3/t11-/m0/s1. The van der Waals surface area contributed by atoms with E-state index in [9.17, 15) is 8.42 Å². The summed E-state index contributed by atoms with van der Waals surface area (Å²) < 4.78 is 36.8. The van der Waals surface area contributed by atoms with E-state index < -0.39 is 10.0 Å². The minimum atomic E-state index is -3.25. The molecule has 0 aromatic heterocycles. The minimum absolute atomic E-state index is 0.129. The molecule has 1 rings (SSSR count). The van der Waals surface area contributed by atoms with E-state index in [1.165, 1.54) is 0 Å². The number of aryl methyl sites for hydroxylation is 1. The van der Waals surface area contributed by atoms with E-state index in [1.54, 1.807) is 14.2 Å². The summed E-state index contributed by atoms with van der Waals surface area (Å²) in [5.74, 6) is 1.36. The molecule has 20 heavy (non-hydrogen) atoms. The van der Waals surface area contributed by atoms with Crippen molar-refractivity contribution in [3.63, 3.8) is 0 Å². The van der Waals surface area contributed by atoms with Gasteiger partial charge in [0.15, 0.2) is 11.5 Å². The number of nitrogens with one attached hydrogen (secondary N) is 1. The smallest absolute Gasteiger partial charge is 0.212 e. The number of hydrogen-bond acceptors (Lipinski definition) is 4. The van der Waals surface area contributed by atoms with Gasteiger partial charge in [-0.15, -0.1) is 0 Å². The fraction of sp³-hybridized carbons (Fsp3) is 0.571. The fourth-order valence-electron chi connectivity index (χ4n) is 2.12. The Hall–Kier alpha value is -1.27. The summed E-state index contributed by atoms with van der Waals surface area (Å²) in [6, 6.07) is 3.35. The third kappa shape index (κ3) is 4.11. The second-order valence-corrected chi connectivity index (χ2v) is 6.60. The van der Waals surface area contributed by atoms with Crippen molar-refractivity contribution < 1.29 is 17.9 Å². The maximum atomic E-state index is 11.8. The van der Waals surface area contributed by atoms with Crippen LogP contribution in [0.2, 0.25) is 0 Å². The third-order valence-electron chi connectivity index (χ3n) is 3.07. The van der Waals surface area contributed by atoms with Crippen molar-refractivity contribution in [2.24, 2.45) is 0 Å². The van der Waals surface area contributed by atoms with Gasteiger partial charge in [0, 0.05) is 6.04 Å². The van der Waals surface area contributed by atoms with Gasteiger partial charge in [0.2, 0.25) is 10.0 Å². The Balaban J connectivity index is 3.07. The zero-order valence-electron chi connectivity index (χ0n) is 12.7. The Bertz CT molecular complexity index is 555. The van der Waals surface area contributed by atoms with Crippen LogP contribution >= 0.6 is 0 Å². The Kier molecular flexibility index (Phi) is 5.83. The Labute approximate surface area is 121 Å². The summed E-state index contributed by atoms with van der Waals surface area (Å²) in [7, 11) is -0.121. The van der Waals surface area contributed by atoms with Crippen molar-refractivity contribution in [1.29, 1.82) is 0 Å². The molecule has 0 aliphatic rings. The normalized spacial score (nSPS) is 13.1. The van der Waals surface area contributed by atoms with Gasteiger partial charge >= 0.3 is 0 Å². The van der Waals surface area contributed by atoms with Gasteiger partial charge < -0.3 is 9.47 Å². The highest BCUT2D eigenvalue weighted by Gasteiger charge is 2.18. The van der Waals surface area contributed by atoms with Gasteiger partial charge in [-0.1, -0.05) is 6.92 Å². The van der Waals surface area contributed by atoms with Crippen LogP contribution in [0.25, 0.3) is 0 Å². The summed E-state index contributed by atoms with van der Waals surface area (Å²) in [6.07, 6.45) is 0.590. The fourth-order valence-corrected chi connectivity index (χ4v) is 3.44. The number of ether oxygens (including phenoxy) is 2. The highest BCUT2D eigenvalue weighted by atomic mass is 32.2. The first-order valence-corrected chi connectivity index (χ1v) is 8.22. The molecule has 1 aromatic rings. The quantitative estimate of drug-likeness (QED) is 0.840. The molecule has 0 fully saturated rings. The first kappa shape index (κ1) is 16.8. The second-order valence-electron chi connectivity index (χ2n) is 4.72. The van der Waals surface area contributed by atoms with Gasteiger partial charge in [0.25, 0.3) is 0 Å². The number of rotatable bonds is 7. The molecule has 0 saturated heterocycles. The summed E-state index contributed by atoms with van der Waals surface area (Å²) in [5, 5.41) is 0. The number of benzene rings is 1. The molecule has 0 saturated carbocycles. The molecular weight excluding hydrogens is 278 g/mol. The Morgan fingerprint density at radius 1 is 1.20 bits per heavy atom. The number of hydrogen-bond donors (Lipinski definition) is 1. The summed E-state index contributed by atoms with van der Waals surface area (Å²) in [5.41, 5.74) is 1.83. The minimum Gasteiger partial charge on any atom is -0.493 e. The topological polar surface area (TPSA) is 64.6 Å². The lowest BCUT2D eigenvalue weighted by Crippen LogP contribution is -2.29. The molecule has 0 heterocycles. The van der Waals surface area contributed by atoms with Gasteiger partial charge in [-0.05, 0) is 43.5 Å². The van der Waals surface area contributed by atoms with E-state index in [0.717, 1.165) is 11.1 Å². The van der Waals surface area contributed by atoms with E-state index in [-0.39, 0.29) is 11.8 Å². The van der Waals surface area contributed by atoms with E-state index in [4.69, 9.17) is 9.47 Å². The Morgan fingerprint density at radius 3 is 2.25 bits per heavy atom. The van der Waals surface area contributed by atoms with Crippen molar-refractivity contribution in [1.82, 2.24) is 4.72 Å². The number of methoxy groups -OCH3 is 2. The average Bonchev–Trinajstić information content (AvgIpc) is 2.37. The number of sulfonamides is 1. The molecule has 6 heteroatoms. The van der Waals surface area contributed by atoms with Crippen molar-refractivity contribution in [2.45, 2.75) is 33.2 Å². The monoisotopic (exact) mass is 301 g/mol. The molecule has 0 radical (unpaired) electrons. The lowest BCUT2D eigenvalue weighted by Gasteiger charge is -2.19. The molecule has 1 N–H and O–H groups in total. The highest BCUT2D eigenvalue weighted by Crippen LogP contribution is 2.33. The van der Waals surface area contributed by atoms with Crippen molar-refractivity contribution in [3.8, 4) is 11.5 Å². The van der Waals surface area contributed by atoms with Gasteiger partial charge in [0.05, 0.1) is 20.0 Å². The van der Waals surface area contributed by atoms with E-state index in [1.807, 2.05) is 32.9 Å². The first-order valence-electron chi connectivity index (χ1n) is 6.57. The molecule has 0 amide bonds. The molecule has 0 aliphatic carbocycles.